The van der Waals surface area contributed by atoms with Gasteiger partial charge in [0.15, 0.2) is 0 Å². The van der Waals surface area contributed by atoms with E-state index < -0.39 is 17.7 Å². The zero-order chi connectivity index (χ0) is 13.0. The molecule has 1 heterocycles. The largest absolute Gasteiger partial charge is 0.271 e. The van der Waals surface area contributed by atoms with Crippen molar-refractivity contribution in [1.29, 1.82) is 0 Å². The molecule has 18 heavy (non-hydrogen) atoms. The smallest absolute Gasteiger partial charge is 0.130 e. The number of hydrogen-bond donors (Lipinski definition) is 2. The maximum absolute atomic E-state index is 13.6. The van der Waals surface area contributed by atoms with Gasteiger partial charge in [-0.2, -0.15) is 0 Å². The van der Waals surface area contributed by atoms with Crippen molar-refractivity contribution in [2.75, 3.05) is 0 Å². The van der Waals surface area contributed by atoms with E-state index in [1.54, 1.807) is 18.3 Å². The molecule has 0 saturated carbocycles. The van der Waals surface area contributed by atoms with Crippen LogP contribution in [0.25, 0.3) is 0 Å². The van der Waals surface area contributed by atoms with E-state index in [0.29, 0.717) is 12.1 Å². The lowest BCUT2D eigenvalue weighted by Gasteiger charge is -2.17. The summed E-state index contributed by atoms with van der Waals surface area (Å²) in [5, 5.41) is 0. The summed E-state index contributed by atoms with van der Waals surface area (Å²) in [5.74, 6) is 4.15. The Kier molecular flexibility index (Phi) is 3.96. The standard InChI is InChI=1S/C13H13F2N3/c14-10-5-3-6-11(15)13(10)12(18-16)8-9-4-1-2-7-17-9/h1-7,12,18H,8,16H2. The highest BCUT2D eigenvalue weighted by Crippen LogP contribution is 2.22. The van der Waals surface area contributed by atoms with E-state index in [1.165, 1.54) is 18.2 Å². The fourth-order valence-electron chi connectivity index (χ4n) is 1.82. The van der Waals surface area contributed by atoms with Gasteiger partial charge < -0.3 is 0 Å². The van der Waals surface area contributed by atoms with Crippen LogP contribution in [0.4, 0.5) is 8.78 Å². The SMILES string of the molecule is NNC(Cc1ccccn1)c1c(F)cccc1F. The molecule has 1 aromatic carbocycles. The second-order valence-corrected chi connectivity index (χ2v) is 3.88. The van der Waals surface area contributed by atoms with E-state index in [2.05, 4.69) is 10.4 Å². The second kappa shape index (κ2) is 5.66. The van der Waals surface area contributed by atoms with Gasteiger partial charge in [0.25, 0.3) is 0 Å². The monoisotopic (exact) mass is 249 g/mol. The van der Waals surface area contributed by atoms with E-state index in [-0.39, 0.29) is 5.56 Å². The molecule has 0 fully saturated rings. The molecule has 1 aromatic heterocycles. The summed E-state index contributed by atoms with van der Waals surface area (Å²) >= 11 is 0. The zero-order valence-electron chi connectivity index (χ0n) is 9.61. The Morgan fingerprint density at radius 3 is 2.39 bits per heavy atom. The number of nitrogens with zero attached hydrogens (tertiary/aromatic N) is 1. The normalized spacial score (nSPS) is 12.4. The van der Waals surface area contributed by atoms with E-state index >= 15 is 0 Å². The van der Waals surface area contributed by atoms with Crippen LogP contribution in [0.5, 0.6) is 0 Å². The zero-order valence-corrected chi connectivity index (χ0v) is 9.61. The van der Waals surface area contributed by atoms with Crippen LogP contribution in [0.1, 0.15) is 17.3 Å². The van der Waals surface area contributed by atoms with Gasteiger partial charge in [-0.05, 0) is 24.3 Å². The topological polar surface area (TPSA) is 50.9 Å². The third-order valence-electron chi connectivity index (χ3n) is 2.69. The first kappa shape index (κ1) is 12.6. The lowest BCUT2D eigenvalue weighted by atomic mass is 10.0. The van der Waals surface area contributed by atoms with Gasteiger partial charge in [0.05, 0.1) is 6.04 Å². The predicted molar refractivity (Wildman–Crippen MR) is 64.4 cm³/mol. The van der Waals surface area contributed by atoms with Crippen molar-refractivity contribution in [3.63, 3.8) is 0 Å². The number of nitrogens with one attached hydrogen (secondary N) is 1. The van der Waals surface area contributed by atoms with Crippen LogP contribution in [0, 0.1) is 11.6 Å². The van der Waals surface area contributed by atoms with E-state index in [9.17, 15) is 8.78 Å². The molecular formula is C13H13F2N3. The van der Waals surface area contributed by atoms with Crippen molar-refractivity contribution >= 4 is 0 Å². The minimum absolute atomic E-state index is 0.0642. The minimum atomic E-state index is -0.652. The highest BCUT2D eigenvalue weighted by Gasteiger charge is 2.19. The van der Waals surface area contributed by atoms with Gasteiger partial charge in [0.1, 0.15) is 11.6 Å². The molecule has 5 heteroatoms. The average molecular weight is 249 g/mol. The maximum atomic E-state index is 13.6. The van der Waals surface area contributed by atoms with Gasteiger partial charge in [-0.25, -0.2) is 8.78 Å². The van der Waals surface area contributed by atoms with Crippen molar-refractivity contribution < 1.29 is 8.78 Å². The fourth-order valence-corrected chi connectivity index (χ4v) is 1.82. The van der Waals surface area contributed by atoms with Gasteiger partial charge in [-0.15, -0.1) is 0 Å². The van der Waals surface area contributed by atoms with Crippen molar-refractivity contribution in [2.24, 2.45) is 5.84 Å². The molecule has 3 N–H and O–H groups in total. The van der Waals surface area contributed by atoms with Crippen LogP contribution in [-0.4, -0.2) is 4.98 Å². The molecule has 0 amide bonds. The first-order valence-electron chi connectivity index (χ1n) is 5.52. The third kappa shape index (κ3) is 2.69. The van der Waals surface area contributed by atoms with E-state index in [1.807, 2.05) is 6.07 Å². The number of nitrogens with two attached hydrogens (primary N) is 1. The van der Waals surface area contributed by atoms with Crippen LogP contribution in [0.2, 0.25) is 0 Å². The molecule has 3 nitrogen and oxygen atoms in total. The molecule has 0 bridgehead atoms. The average Bonchev–Trinajstić information content (AvgIpc) is 2.38. The number of benzene rings is 1. The van der Waals surface area contributed by atoms with Crippen LogP contribution in [0.15, 0.2) is 42.6 Å². The van der Waals surface area contributed by atoms with Crippen molar-refractivity contribution in [2.45, 2.75) is 12.5 Å². The highest BCUT2D eigenvalue weighted by molar-refractivity contribution is 5.24. The fraction of sp³-hybridized carbons (Fsp3) is 0.154. The summed E-state index contributed by atoms with van der Waals surface area (Å²) in [7, 11) is 0. The van der Waals surface area contributed by atoms with Gasteiger partial charge in [-0.1, -0.05) is 12.1 Å². The number of hydrazine groups is 1. The summed E-state index contributed by atoms with van der Waals surface area (Å²) in [6.45, 7) is 0. The molecule has 0 aliphatic carbocycles. The second-order valence-electron chi connectivity index (χ2n) is 3.88. The summed E-state index contributed by atoms with van der Waals surface area (Å²) < 4.78 is 27.3. The Balaban J connectivity index is 2.29. The third-order valence-corrected chi connectivity index (χ3v) is 2.69. The first-order chi connectivity index (χ1) is 8.72. The Labute approximate surface area is 104 Å². The van der Waals surface area contributed by atoms with Crippen molar-refractivity contribution in [1.82, 2.24) is 10.4 Å². The van der Waals surface area contributed by atoms with Crippen LogP contribution < -0.4 is 11.3 Å². The number of halogens is 2. The molecule has 1 atom stereocenters. The van der Waals surface area contributed by atoms with Crippen molar-refractivity contribution in [3.05, 3.63) is 65.5 Å². The highest BCUT2D eigenvalue weighted by atomic mass is 19.1. The van der Waals surface area contributed by atoms with Gasteiger partial charge >= 0.3 is 0 Å². The molecule has 0 aliphatic heterocycles. The van der Waals surface area contributed by atoms with Gasteiger partial charge in [0.2, 0.25) is 0 Å². The molecule has 0 spiro atoms. The Morgan fingerprint density at radius 2 is 1.83 bits per heavy atom. The van der Waals surface area contributed by atoms with Crippen molar-refractivity contribution in [3.8, 4) is 0 Å². The lowest BCUT2D eigenvalue weighted by molar-refractivity contribution is 0.470. The number of pyridine rings is 1. The van der Waals surface area contributed by atoms with E-state index in [0.717, 1.165) is 0 Å². The summed E-state index contributed by atoms with van der Waals surface area (Å²) in [6, 6.07) is 8.46. The number of hydrogen-bond acceptors (Lipinski definition) is 3. The molecule has 0 saturated heterocycles. The Bertz CT molecular complexity index is 497. The lowest BCUT2D eigenvalue weighted by Crippen LogP contribution is -2.31. The molecule has 0 radical (unpaired) electrons. The molecular weight excluding hydrogens is 236 g/mol. The Morgan fingerprint density at radius 1 is 1.11 bits per heavy atom. The summed E-state index contributed by atoms with van der Waals surface area (Å²) in [6.07, 6.45) is 1.94. The van der Waals surface area contributed by atoms with Crippen LogP contribution in [0.3, 0.4) is 0 Å². The van der Waals surface area contributed by atoms with Gasteiger partial charge in [-0.3, -0.25) is 16.3 Å². The quantitative estimate of drug-likeness (QED) is 0.644. The molecule has 1 unspecified atom stereocenters. The van der Waals surface area contributed by atoms with Gasteiger partial charge in [0, 0.05) is 23.9 Å². The molecule has 94 valence electrons. The number of aromatic nitrogens is 1. The number of rotatable bonds is 4. The Hall–Kier alpha value is -1.85. The molecule has 2 rings (SSSR count). The first-order valence-corrected chi connectivity index (χ1v) is 5.52. The maximum Gasteiger partial charge on any atom is 0.130 e. The van der Waals surface area contributed by atoms with E-state index in [4.69, 9.17) is 5.84 Å². The van der Waals surface area contributed by atoms with Crippen LogP contribution in [-0.2, 0) is 6.42 Å². The summed E-state index contributed by atoms with van der Waals surface area (Å²) in [4.78, 5) is 4.11. The predicted octanol–water partition coefficient (Wildman–Crippen LogP) is 2.11. The van der Waals surface area contributed by atoms with Crippen LogP contribution >= 0.6 is 0 Å². The summed E-state index contributed by atoms with van der Waals surface area (Å²) in [5.41, 5.74) is 3.08. The molecule has 2 aromatic rings. The minimum Gasteiger partial charge on any atom is -0.271 e. The molecule has 0 aliphatic rings.